The number of nitrogens with zero attached hydrogens (tertiary/aromatic N) is 3. The highest BCUT2D eigenvalue weighted by molar-refractivity contribution is 5.25. The van der Waals surface area contributed by atoms with Crippen molar-refractivity contribution >= 4 is 0 Å². The molecule has 0 radical (unpaired) electrons. The largest absolute Gasteiger partial charge is 0.323 e. The Kier molecular flexibility index (Phi) is 4.93. The van der Waals surface area contributed by atoms with Crippen molar-refractivity contribution in [3.8, 4) is 0 Å². The Bertz CT molecular complexity index is 530. The maximum atomic E-state index is 6.28. The van der Waals surface area contributed by atoms with Gasteiger partial charge < -0.3 is 10.6 Å². The Morgan fingerprint density at radius 3 is 2.50 bits per heavy atom. The molecule has 0 aliphatic carbocycles. The molecule has 0 amide bonds. The summed E-state index contributed by atoms with van der Waals surface area (Å²) in [7, 11) is 4.03. The fourth-order valence-corrected chi connectivity index (χ4v) is 2.37. The maximum absolute atomic E-state index is 6.28. The van der Waals surface area contributed by atoms with Crippen LogP contribution in [0.25, 0.3) is 0 Å². The quantitative estimate of drug-likeness (QED) is 0.876. The summed E-state index contributed by atoms with van der Waals surface area (Å²) in [5, 5.41) is 4.18. The van der Waals surface area contributed by atoms with E-state index in [1.807, 2.05) is 24.1 Å². The lowest BCUT2D eigenvalue weighted by Gasteiger charge is -2.21. The van der Waals surface area contributed by atoms with Crippen molar-refractivity contribution < 1.29 is 0 Å². The van der Waals surface area contributed by atoms with Crippen molar-refractivity contribution in [1.82, 2.24) is 14.7 Å². The molecule has 1 heterocycles. The fourth-order valence-electron chi connectivity index (χ4n) is 2.37. The van der Waals surface area contributed by atoms with E-state index < -0.39 is 0 Å². The second-order valence-corrected chi connectivity index (χ2v) is 5.42. The highest BCUT2D eigenvalue weighted by atomic mass is 15.2. The van der Waals surface area contributed by atoms with E-state index in [0.29, 0.717) is 0 Å². The van der Waals surface area contributed by atoms with Gasteiger partial charge in [-0.1, -0.05) is 31.2 Å². The van der Waals surface area contributed by atoms with Gasteiger partial charge in [-0.3, -0.25) is 4.68 Å². The number of aryl methyl sites for hydroxylation is 2. The van der Waals surface area contributed by atoms with Crippen molar-refractivity contribution in [1.29, 1.82) is 0 Å². The third-order valence-corrected chi connectivity index (χ3v) is 3.54. The van der Waals surface area contributed by atoms with E-state index in [2.05, 4.69) is 48.2 Å². The second-order valence-electron chi connectivity index (χ2n) is 5.42. The minimum atomic E-state index is 0.0441. The van der Waals surface area contributed by atoms with Gasteiger partial charge in [0.05, 0.1) is 6.20 Å². The zero-order valence-electron chi connectivity index (χ0n) is 12.6. The zero-order chi connectivity index (χ0) is 14.5. The summed E-state index contributed by atoms with van der Waals surface area (Å²) in [5.74, 6) is 0. The van der Waals surface area contributed by atoms with Crippen LogP contribution in [0.15, 0.2) is 36.7 Å². The van der Waals surface area contributed by atoms with Crippen LogP contribution < -0.4 is 5.73 Å². The van der Waals surface area contributed by atoms with Crippen molar-refractivity contribution in [2.45, 2.75) is 25.9 Å². The molecule has 108 valence electrons. The molecule has 2 aromatic rings. The van der Waals surface area contributed by atoms with Gasteiger partial charge in [-0.05, 0) is 24.6 Å². The van der Waals surface area contributed by atoms with E-state index in [9.17, 15) is 0 Å². The summed E-state index contributed by atoms with van der Waals surface area (Å²) < 4.78 is 1.83. The monoisotopic (exact) mass is 272 g/mol. The van der Waals surface area contributed by atoms with E-state index in [1.54, 1.807) is 0 Å². The molecular weight excluding hydrogens is 248 g/mol. The molecule has 0 fully saturated rings. The van der Waals surface area contributed by atoms with Crippen LogP contribution in [-0.4, -0.2) is 28.3 Å². The number of nitrogens with two attached hydrogens (primary N) is 1. The lowest BCUT2D eigenvalue weighted by Crippen LogP contribution is -2.28. The summed E-state index contributed by atoms with van der Waals surface area (Å²) in [6, 6.07) is 8.65. The molecule has 1 aromatic heterocycles. The number of aromatic nitrogens is 2. The molecule has 0 saturated heterocycles. The van der Waals surface area contributed by atoms with Gasteiger partial charge in [-0.15, -0.1) is 0 Å². The number of rotatable bonds is 6. The predicted molar refractivity (Wildman–Crippen MR) is 82.3 cm³/mol. The van der Waals surface area contributed by atoms with Gasteiger partial charge >= 0.3 is 0 Å². The normalized spacial score (nSPS) is 12.8. The first kappa shape index (κ1) is 14.8. The van der Waals surface area contributed by atoms with Gasteiger partial charge in [-0.2, -0.15) is 5.10 Å². The third-order valence-electron chi connectivity index (χ3n) is 3.54. The average Bonchev–Trinajstić information content (AvgIpc) is 2.84. The molecule has 4 heteroatoms. The summed E-state index contributed by atoms with van der Waals surface area (Å²) in [4.78, 5) is 2.23. The Labute approximate surface area is 121 Å². The summed E-state index contributed by atoms with van der Waals surface area (Å²) in [6.45, 7) is 3.87. The molecule has 0 spiro atoms. The smallest absolute Gasteiger partial charge is 0.0534 e. The first-order valence-corrected chi connectivity index (χ1v) is 7.09. The number of hydrogen-bond acceptors (Lipinski definition) is 3. The average molecular weight is 272 g/mol. The third kappa shape index (κ3) is 3.92. The molecule has 4 nitrogen and oxygen atoms in total. The van der Waals surface area contributed by atoms with Crippen molar-refractivity contribution in [2.75, 3.05) is 13.6 Å². The number of benzene rings is 1. The highest BCUT2D eigenvalue weighted by Crippen LogP contribution is 2.14. The SMILES string of the molecule is CCc1ccc(C(N)CN(C)Cc2cnn(C)c2)cc1. The summed E-state index contributed by atoms with van der Waals surface area (Å²) in [6.07, 6.45) is 5.01. The first-order chi connectivity index (χ1) is 9.58. The zero-order valence-corrected chi connectivity index (χ0v) is 12.6. The predicted octanol–water partition coefficient (Wildman–Crippen LogP) is 2.11. The minimum Gasteiger partial charge on any atom is -0.323 e. The van der Waals surface area contributed by atoms with Crippen LogP contribution in [-0.2, 0) is 20.0 Å². The van der Waals surface area contributed by atoms with E-state index in [-0.39, 0.29) is 6.04 Å². The topological polar surface area (TPSA) is 47.1 Å². The minimum absolute atomic E-state index is 0.0441. The highest BCUT2D eigenvalue weighted by Gasteiger charge is 2.10. The maximum Gasteiger partial charge on any atom is 0.0534 e. The molecule has 20 heavy (non-hydrogen) atoms. The van der Waals surface area contributed by atoms with E-state index in [4.69, 9.17) is 5.73 Å². The van der Waals surface area contributed by atoms with Crippen LogP contribution in [0.1, 0.15) is 29.7 Å². The molecule has 2 N–H and O–H groups in total. The molecule has 1 aromatic carbocycles. The molecule has 0 aliphatic rings. The van der Waals surface area contributed by atoms with Gasteiger partial charge in [0.1, 0.15) is 0 Å². The first-order valence-electron chi connectivity index (χ1n) is 7.09. The number of likely N-dealkylation sites (N-methyl/N-ethyl adjacent to an activating group) is 1. The van der Waals surface area contributed by atoms with Crippen LogP contribution in [0.5, 0.6) is 0 Å². The van der Waals surface area contributed by atoms with Crippen molar-refractivity contribution in [3.63, 3.8) is 0 Å². The molecule has 1 unspecified atom stereocenters. The van der Waals surface area contributed by atoms with Gasteiger partial charge in [0.15, 0.2) is 0 Å². The van der Waals surface area contributed by atoms with Gasteiger partial charge in [0, 0.05) is 37.9 Å². The van der Waals surface area contributed by atoms with Crippen LogP contribution >= 0.6 is 0 Å². The van der Waals surface area contributed by atoms with Crippen LogP contribution in [0, 0.1) is 0 Å². The molecule has 2 rings (SSSR count). The van der Waals surface area contributed by atoms with E-state index >= 15 is 0 Å². The molecule has 0 saturated carbocycles. The van der Waals surface area contributed by atoms with Crippen molar-refractivity contribution in [2.24, 2.45) is 12.8 Å². The van der Waals surface area contributed by atoms with Gasteiger partial charge in [0.2, 0.25) is 0 Å². The Morgan fingerprint density at radius 1 is 1.25 bits per heavy atom. The Balaban J connectivity index is 1.90. The van der Waals surface area contributed by atoms with Crippen LogP contribution in [0.4, 0.5) is 0 Å². The van der Waals surface area contributed by atoms with Crippen LogP contribution in [0.3, 0.4) is 0 Å². The Hall–Kier alpha value is -1.65. The standard InChI is InChI=1S/C16H24N4/c1-4-13-5-7-15(8-6-13)16(17)12-19(2)10-14-9-18-20(3)11-14/h5-9,11,16H,4,10,12,17H2,1-3H3. The van der Waals surface area contributed by atoms with Crippen LogP contribution in [0.2, 0.25) is 0 Å². The summed E-state index contributed by atoms with van der Waals surface area (Å²) >= 11 is 0. The molecular formula is C16H24N4. The fraction of sp³-hybridized carbons (Fsp3) is 0.438. The second kappa shape index (κ2) is 6.68. The number of hydrogen-bond donors (Lipinski definition) is 1. The lowest BCUT2D eigenvalue weighted by molar-refractivity contribution is 0.305. The van der Waals surface area contributed by atoms with E-state index in [0.717, 1.165) is 19.5 Å². The van der Waals surface area contributed by atoms with E-state index in [1.165, 1.54) is 16.7 Å². The van der Waals surface area contributed by atoms with Gasteiger partial charge in [0.25, 0.3) is 0 Å². The van der Waals surface area contributed by atoms with Crippen molar-refractivity contribution in [3.05, 3.63) is 53.3 Å². The van der Waals surface area contributed by atoms with Gasteiger partial charge in [-0.25, -0.2) is 0 Å². The Morgan fingerprint density at radius 2 is 1.95 bits per heavy atom. The molecule has 1 atom stereocenters. The molecule has 0 aliphatic heterocycles. The lowest BCUT2D eigenvalue weighted by atomic mass is 10.0. The summed E-state index contributed by atoms with van der Waals surface area (Å²) in [5.41, 5.74) is 10.0. The molecule has 0 bridgehead atoms.